The van der Waals surface area contributed by atoms with E-state index in [-0.39, 0.29) is 0 Å². The van der Waals surface area contributed by atoms with Crippen LogP contribution in [0.2, 0.25) is 0 Å². The summed E-state index contributed by atoms with van der Waals surface area (Å²) >= 11 is 2.45. The maximum absolute atomic E-state index is 2.45. The van der Waals surface area contributed by atoms with Crippen molar-refractivity contribution in [3.05, 3.63) is 57.7 Å². The molecular formula is C17H15I. The minimum Gasteiger partial charge on any atom is -0.0616 e. The fourth-order valence-electron chi connectivity index (χ4n) is 2.60. The summed E-state index contributed by atoms with van der Waals surface area (Å²) in [6, 6.07) is 17.7. The number of hydrogen-bond donors (Lipinski definition) is 0. The Balaban J connectivity index is 2.46. The molecule has 0 aliphatic rings. The first-order valence-electron chi connectivity index (χ1n) is 6.28. The summed E-state index contributed by atoms with van der Waals surface area (Å²) in [5.41, 5.74) is 1.47. The topological polar surface area (TPSA) is 0 Å². The second-order valence-electron chi connectivity index (χ2n) is 5.04. The fourth-order valence-corrected chi connectivity index (χ4v) is 3.69. The maximum atomic E-state index is 2.45. The molecule has 0 nitrogen and oxygen atoms in total. The minimum absolute atomic E-state index is 0.557. The predicted molar refractivity (Wildman–Crippen MR) is 88.3 cm³/mol. The summed E-state index contributed by atoms with van der Waals surface area (Å²) in [4.78, 5) is 0. The first-order valence-corrected chi connectivity index (χ1v) is 7.35. The van der Waals surface area contributed by atoms with Crippen LogP contribution in [0.15, 0.2) is 48.5 Å². The highest BCUT2D eigenvalue weighted by Crippen LogP contribution is 2.32. The molecule has 3 rings (SSSR count). The third-order valence-corrected chi connectivity index (χ3v) is 4.39. The van der Waals surface area contributed by atoms with Crippen LogP contribution in [0.25, 0.3) is 21.5 Å². The van der Waals surface area contributed by atoms with Gasteiger partial charge in [0.1, 0.15) is 0 Å². The molecule has 0 aliphatic carbocycles. The number of hydrogen-bond acceptors (Lipinski definition) is 0. The van der Waals surface area contributed by atoms with Gasteiger partial charge in [0.2, 0.25) is 0 Å². The second-order valence-corrected chi connectivity index (χ2v) is 6.20. The molecule has 0 N–H and O–H groups in total. The highest BCUT2D eigenvalue weighted by molar-refractivity contribution is 14.1. The summed E-state index contributed by atoms with van der Waals surface area (Å²) in [5.74, 6) is 0.557. The lowest BCUT2D eigenvalue weighted by molar-refractivity contribution is 0.870. The van der Waals surface area contributed by atoms with Gasteiger partial charge in [-0.3, -0.25) is 0 Å². The minimum atomic E-state index is 0.557. The van der Waals surface area contributed by atoms with E-state index >= 15 is 0 Å². The largest absolute Gasteiger partial charge is 0.0616 e. The lowest BCUT2D eigenvalue weighted by atomic mass is 9.94. The molecule has 0 saturated heterocycles. The number of fused-ring (bicyclic) bond motifs is 2. The average Bonchev–Trinajstić information content (AvgIpc) is 2.36. The average molecular weight is 346 g/mol. The Hall–Kier alpha value is -1.09. The van der Waals surface area contributed by atoms with E-state index < -0.39 is 0 Å². The Bertz CT molecular complexity index is 726. The zero-order chi connectivity index (χ0) is 12.7. The smallest absolute Gasteiger partial charge is 0.0171 e. The first-order chi connectivity index (χ1) is 8.66. The van der Waals surface area contributed by atoms with Gasteiger partial charge in [-0.25, -0.2) is 0 Å². The highest BCUT2D eigenvalue weighted by atomic mass is 127. The van der Waals surface area contributed by atoms with Gasteiger partial charge in [-0.1, -0.05) is 44.2 Å². The van der Waals surface area contributed by atoms with E-state index in [1.54, 1.807) is 0 Å². The van der Waals surface area contributed by atoms with Crippen molar-refractivity contribution in [2.75, 3.05) is 0 Å². The van der Waals surface area contributed by atoms with E-state index in [1.807, 2.05) is 0 Å². The zero-order valence-electron chi connectivity index (χ0n) is 10.6. The molecular weight excluding hydrogens is 331 g/mol. The van der Waals surface area contributed by atoms with Crippen LogP contribution in [-0.2, 0) is 0 Å². The molecule has 0 fully saturated rings. The summed E-state index contributed by atoms with van der Waals surface area (Å²) in [7, 11) is 0. The van der Waals surface area contributed by atoms with Crippen LogP contribution < -0.4 is 0 Å². The third-order valence-electron chi connectivity index (χ3n) is 3.45. The van der Waals surface area contributed by atoms with Crippen LogP contribution in [0, 0.1) is 3.57 Å². The molecule has 0 radical (unpaired) electrons. The first kappa shape index (κ1) is 12.0. The molecule has 0 heterocycles. The number of benzene rings is 3. The van der Waals surface area contributed by atoms with Crippen molar-refractivity contribution in [1.29, 1.82) is 0 Å². The molecule has 1 heteroatoms. The summed E-state index contributed by atoms with van der Waals surface area (Å²) < 4.78 is 1.37. The Labute approximate surface area is 121 Å². The van der Waals surface area contributed by atoms with E-state index in [0.29, 0.717) is 5.92 Å². The van der Waals surface area contributed by atoms with Crippen molar-refractivity contribution < 1.29 is 0 Å². The predicted octanol–water partition coefficient (Wildman–Crippen LogP) is 5.72. The monoisotopic (exact) mass is 346 g/mol. The lowest BCUT2D eigenvalue weighted by Gasteiger charge is -2.13. The molecule has 0 saturated carbocycles. The van der Waals surface area contributed by atoms with Crippen LogP contribution in [0.5, 0.6) is 0 Å². The second kappa shape index (κ2) is 4.54. The van der Waals surface area contributed by atoms with Gasteiger partial charge in [0, 0.05) is 3.57 Å². The normalized spacial score (nSPS) is 11.6. The van der Waals surface area contributed by atoms with Crippen LogP contribution >= 0.6 is 22.6 Å². The Morgan fingerprint density at radius 2 is 1.50 bits per heavy atom. The Kier molecular flexibility index (Phi) is 3.02. The van der Waals surface area contributed by atoms with Crippen molar-refractivity contribution in [3.63, 3.8) is 0 Å². The van der Waals surface area contributed by atoms with E-state index in [9.17, 15) is 0 Å². The van der Waals surface area contributed by atoms with Gasteiger partial charge in [-0.2, -0.15) is 0 Å². The molecule has 0 unspecified atom stereocenters. The fraction of sp³-hybridized carbons (Fsp3) is 0.176. The summed E-state index contributed by atoms with van der Waals surface area (Å²) in [6.45, 7) is 4.54. The Morgan fingerprint density at radius 1 is 0.833 bits per heavy atom. The lowest BCUT2D eigenvalue weighted by Crippen LogP contribution is -1.93. The molecule has 0 aromatic heterocycles. The molecule has 0 aliphatic heterocycles. The van der Waals surface area contributed by atoms with Crippen LogP contribution in [-0.4, -0.2) is 0 Å². The van der Waals surface area contributed by atoms with Crippen molar-refractivity contribution in [3.8, 4) is 0 Å². The molecule has 0 atom stereocenters. The van der Waals surface area contributed by atoms with Crippen molar-refractivity contribution >= 4 is 44.1 Å². The van der Waals surface area contributed by atoms with Crippen LogP contribution in [0.3, 0.4) is 0 Å². The molecule has 0 amide bonds. The van der Waals surface area contributed by atoms with Gasteiger partial charge < -0.3 is 0 Å². The molecule has 3 aromatic carbocycles. The van der Waals surface area contributed by atoms with E-state index in [1.165, 1.54) is 30.7 Å². The summed E-state index contributed by atoms with van der Waals surface area (Å²) in [6.07, 6.45) is 0. The third kappa shape index (κ3) is 1.91. The van der Waals surface area contributed by atoms with Crippen molar-refractivity contribution in [2.24, 2.45) is 0 Å². The van der Waals surface area contributed by atoms with Crippen molar-refractivity contribution in [2.45, 2.75) is 19.8 Å². The SMILES string of the molecule is CC(C)c1c(I)ccc2cc3ccccc3cc12. The Morgan fingerprint density at radius 3 is 2.17 bits per heavy atom. The quantitative estimate of drug-likeness (QED) is 0.390. The van der Waals surface area contributed by atoms with E-state index in [0.717, 1.165) is 0 Å². The number of halogens is 1. The maximum Gasteiger partial charge on any atom is 0.0171 e. The zero-order valence-corrected chi connectivity index (χ0v) is 12.7. The van der Waals surface area contributed by atoms with Gasteiger partial charge in [0.25, 0.3) is 0 Å². The number of rotatable bonds is 1. The standard InChI is InChI=1S/C17H15I/c1-11(2)17-15-10-13-6-4-3-5-12(13)9-14(15)7-8-16(17)18/h3-11H,1-2H3. The molecule has 18 heavy (non-hydrogen) atoms. The van der Waals surface area contributed by atoms with E-state index in [2.05, 4.69) is 85.0 Å². The van der Waals surface area contributed by atoms with Crippen LogP contribution in [0.4, 0.5) is 0 Å². The molecule has 90 valence electrons. The molecule has 0 bridgehead atoms. The molecule has 3 aromatic rings. The van der Waals surface area contributed by atoms with Gasteiger partial charge in [-0.15, -0.1) is 0 Å². The van der Waals surface area contributed by atoms with Gasteiger partial charge >= 0.3 is 0 Å². The highest BCUT2D eigenvalue weighted by Gasteiger charge is 2.10. The van der Waals surface area contributed by atoms with Gasteiger partial charge in [-0.05, 0) is 73.8 Å². The summed E-state index contributed by atoms with van der Waals surface area (Å²) in [5, 5.41) is 5.39. The van der Waals surface area contributed by atoms with Gasteiger partial charge in [0.05, 0.1) is 0 Å². The van der Waals surface area contributed by atoms with Gasteiger partial charge in [0.15, 0.2) is 0 Å². The van der Waals surface area contributed by atoms with Crippen LogP contribution in [0.1, 0.15) is 25.3 Å². The van der Waals surface area contributed by atoms with E-state index in [4.69, 9.17) is 0 Å². The molecule has 0 spiro atoms. The van der Waals surface area contributed by atoms with Crippen molar-refractivity contribution in [1.82, 2.24) is 0 Å².